The van der Waals surface area contributed by atoms with Crippen LogP contribution >= 0.6 is 0 Å². The van der Waals surface area contributed by atoms with Gasteiger partial charge in [0.25, 0.3) is 0 Å². The van der Waals surface area contributed by atoms with Crippen molar-refractivity contribution in [1.82, 2.24) is 0 Å². The van der Waals surface area contributed by atoms with Crippen LogP contribution < -0.4 is 0 Å². The fourth-order valence-electron chi connectivity index (χ4n) is 1.23. The van der Waals surface area contributed by atoms with Crippen LogP contribution in [0.2, 0.25) is 0 Å². The minimum Gasteiger partial charge on any atom is -0.0877 e. The normalized spacial score (nSPS) is 12.9. The first-order chi connectivity index (χ1) is 7.41. The number of hydrogen-bond donors (Lipinski definition) is 0. The molecule has 0 aromatic carbocycles. The third-order valence-electron chi connectivity index (χ3n) is 2.11. The smallest absolute Gasteiger partial charge is 0.0348 e. The molecule has 0 heterocycles. The molecule has 0 bridgehead atoms. The lowest BCUT2D eigenvalue weighted by molar-refractivity contribution is 0.674. The summed E-state index contributed by atoms with van der Waals surface area (Å²) < 4.78 is 0. The number of rotatable bonds is 8. The summed E-state index contributed by atoms with van der Waals surface area (Å²) in [5, 5.41) is 0. The Hall–Kier alpha value is -1.04. The van der Waals surface area contributed by atoms with Crippen molar-refractivity contribution in [1.29, 1.82) is 0 Å². The van der Waals surface area contributed by atoms with Crippen molar-refractivity contribution in [2.75, 3.05) is 0 Å². The van der Waals surface area contributed by atoms with Crippen molar-refractivity contribution in [3.8, 4) is 0 Å². The fraction of sp³-hybridized carbons (Fsp3) is 0.467. The molecule has 0 spiro atoms. The molecule has 0 rings (SSSR count). The lowest BCUT2D eigenvalue weighted by Crippen LogP contribution is -1.72. The molecule has 0 unspecified atom stereocenters. The predicted octanol–water partition coefficient (Wildman–Crippen LogP) is 5.20. The van der Waals surface area contributed by atoms with Crippen molar-refractivity contribution < 1.29 is 0 Å². The molecule has 0 aliphatic rings. The van der Waals surface area contributed by atoms with Gasteiger partial charge in [0, 0.05) is 0 Å². The van der Waals surface area contributed by atoms with Crippen molar-refractivity contribution in [3.63, 3.8) is 0 Å². The Kier molecular flexibility index (Phi) is 12.1. The van der Waals surface area contributed by atoms with Gasteiger partial charge >= 0.3 is 0 Å². The van der Waals surface area contributed by atoms with E-state index in [1.165, 1.54) is 32.1 Å². The molecule has 0 aliphatic carbocycles. The van der Waals surface area contributed by atoms with E-state index >= 15 is 0 Å². The monoisotopic (exact) mass is 204 g/mol. The second-order valence-electron chi connectivity index (χ2n) is 3.57. The first-order valence-electron chi connectivity index (χ1n) is 6.03. The highest BCUT2D eigenvalue weighted by Gasteiger charge is 1.82. The maximum Gasteiger partial charge on any atom is -0.0348 e. The Labute approximate surface area is 95.1 Å². The molecule has 0 nitrogen and oxygen atoms in total. The highest BCUT2D eigenvalue weighted by molar-refractivity contribution is 5.14. The maximum absolute atomic E-state index is 2.25. The quantitative estimate of drug-likeness (QED) is 0.376. The van der Waals surface area contributed by atoms with Gasteiger partial charge in [-0.15, -0.1) is 0 Å². The molecule has 15 heavy (non-hydrogen) atoms. The third kappa shape index (κ3) is 13.0. The van der Waals surface area contributed by atoms with Crippen LogP contribution in [-0.4, -0.2) is 0 Å². The van der Waals surface area contributed by atoms with E-state index in [1.54, 1.807) is 0 Å². The van der Waals surface area contributed by atoms with Gasteiger partial charge in [-0.1, -0.05) is 74.8 Å². The Bertz CT molecular complexity index is 216. The molecule has 84 valence electrons. The van der Waals surface area contributed by atoms with Crippen molar-refractivity contribution in [3.05, 3.63) is 48.6 Å². The fourth-order valence-corrected chi connectivity index (χ4v) is 1.23. The van der Waals surface area contributed by atoms with E-state index < -0.39 is 0 Å². The molecule has 0 amide bonds. The molecule has 0 aromatic rings. The van der Waals surface area contributed by atoms with Crippen LogP contribution in [0.25, 0.3) is 0 Å². The summed E-state index contributed by atoms with van der Waals surface area (Å²) in [6.45, 7) is 4.26. The van der Waals surface area contributed by atoms with Crippen molar-refractivity contribution in [2.45, 2.75) is 46.0 Å². The molecule has 0 fully saturated rings. The summed E-state index contributed by atoms with van der Waals surface area (Å²) in [5.74, 6) is 0. The summed E-state index contributed by atoms with van der Waals surface area (Å²) in [7, 11) is 0. The van der Waals surface area contributed by atoms with Gasteiger partial charge in [-0.25, -0.2) is 0 Å². The number of allylic oxidation sites excluding steroid dienone is 8. The molecule has 0 aromatic heterocycles. The average molecular weight is 204 g/mol. The summed E-state index contributed by atoms with van der Waals surface area (Å²) in [6, 6.07) is 0. The Morgan fingerprint density at radius 2 is 1.40 bits per heavy atom. The second kappa shape index (κ2) is 13.0. The molecule has 0 aliphatic heterocycles. The van der Waals surface area contributed by atoms with Crippen LogP contribution in [0, 0.1) is 0 Å². The summed E-state index contributed by atoms with van der Waals surface area (Å²) in [4.78, 5) is 0. The molecule has 0 radical (unpaired) electrons. The van der Waals surface area contributed by atoms with Gasteiger partial charge in [0.1, 0.15) is 0 Å². The summed E-state index contributed by atoms with van der Waals surface area (Å²) in [6.07, 6.45) is 23.2. The lowest BCUT2D eigenvalue weighted by Gasteiger charge is -1.92. The average Bonchev–Trinajstić information content (AvgIpc) is 2.26. The molecular weight excluding hydrogens is 180 g/mol. The van der Waals surface area contributed by atoms with Gasteiger partial charge in [0.2, 0.25) is 0 Å². The first kappa shape index (κ1) is 14.0. The van der Waals surface area contributed by atoms with Gasteiger partial charge in [0.05, 0.1) is 0 Å². The maximum atomic E-state index is 2.25. The highest BCUT2D eigenvalue weighted by Crippen LogP contribution is 2.02. The van der Waals surface area contributed by atoms with Crippen LogP contribution in [0.4, 0.5) is 0 Å². The largest absolute Gasteiger partial charge is 0.0877 e. The first-order valence-corrected chi connectivity index (χ1v) is 6.03. The molecule has 0 saturated heterocycles. The van der Waals surface area contributed by atoms with Gasteiger partial charge in [-0.05, 0) is 19.8 Å². The van der Waals surface area contributed by atoms with Crippen LogP contribution in [0.1, 0.15) is 46.0 Å². The van der Waals surface area contributed by atoms with E-state index in [0.717, 1.165) is 0 Å². The predicted molar refractivity (Wildman–Crippen MR) is 71.0 cm³/mol. The Morgan fingerprint density at radius 3 is 2.07 bits per heavy atom. The molecule has 0 atom stereocenters. The van der Waals surface area contributed by atoms with E-state index in [2.05, 4.69) is 31.2 Å². The van der Waals surface area contributed by atoms with E-state index in [-0.39, 0.29) is 0 Å². The van der Waals surface area contributed by atoms with Crippen LogP contribution in [0.5, 0.6) is 0 Å². The van der Waals surface area contributed by atoms with E-state index in [4.69, 9.17) is 0 Å². The minimum absolute atomic E-state index is 1.21. The molecular formula is C15H24. The van der Waals surface area contributed by atoms with Crippen LogP contribution in [0.3, 0.4) is 0 Å². The van der Waals surface area contributed by atoms with Crippen LogP contribution in [-0.2, 0) is 0 Å². The summed E-state index contributed by atoms with van der Waals surface area (Å²) >= 11 is 0. The minimum atomic E-state index is 1.21. The SMILES string of the molecule is CC=CC=CC=CC=CCCCCCC. The molecule has 0 N–H and O–H groups in total. The van der Waals surface area contributed by atoms with E-state index in [1.807, 2.05) is 31.2 Å². The third-order valence-corrected chi connectivity index (χ3v) is 2.11. The van der Waals surface area contributed by atoms with Gasteiger partial charge < -0.3 is 0 Å². The van der Waals surface area contributed by atoms with Gasteiger partial charge in [-0.2, -0.15) is 0 Å². The van der Waals surface area contributed by atoms with E-state index in [9.17, 15) is 0 Å². The zero-order chi connectivity index (χ0) is 11.2. The van der Waals surface area contributed by atoms with E-state index in [0.29, 0.717) is 0 Å². The molecule has 0 saturated carbocycles. The highest BCUT2D eigenvalue weighted by atomic mass is 13.9. The molecule has 0 heteroatoms. The van der Waals surface area contributed by atoms with Crippen LogP contribution in [0.15, 0.2) is 48.6 Å². The van der Waals surface area contributed by atoms with Crippen molar-refractivity contribution >= 4 is 0 Å². The van der Waals surface area contributed by atoms with Gasteiger partial charge in [0.15, 0.2) is 0 Å². The zero-order valence-corrected chi connectivity index (χ0v) is 10.2. The summed E-state index contributed by atoms with van der Waals surface area (Å²) in [5.41, 5.74) is 0. The standard InChI is InChI=1S/C15H24/c1-3-5-7-9-11-13-15-14-12-10-8-6-4-2/h3,5,7,9,11,13-15H,4,6,8,10,12H2,1-2H3. The Morgan fingerprint density at radius 1 is 0.733 bits per heavy atom. The topological polar surface area (TPSA) is 0 Å². The second-order valence-corrected chi connectivity index (χ2v) is 3.57. The zero-order valence-electron chi connectivity index (χ0n) is 10.2. The lowest BCUT2D eigenvalue weighted by atomic mass is 10.1. The van der Waals surface area contributed by atoms with Crippen molar-refractivity contribution in [2.24, 2.45) is 0 Å². The Balaban J connectivity index is 3.37. The van der Waals surface area contributed by atoms with Gasteiger partial charge in [-0.3, -0.25) is 0 Å². The number of unbranched alkanes of at least 4 members (excludes halogenated alkanes) is 4. The number of hydrogen-bond acceptors (Lipinski definition) is 0.